The molecule has 3 fully saturated rings. The van der Waals surface area contributed by atoms with E-state index in [2.05, 4.69) is 29.9 Å². The van der Waals surface area contributed by atoms with E-state index in [0.29, 0.717) is 0 Å². The van der Waals surface area contributed by atoms with Gasteiger partial charge in [0.1, 0.15) is 24.4 Å². The molecule has 0 saturated carbocycles. The molecule has 9 N–H and O–H groups in total. The van der Waals surface area contributed by atoms with Crippen LogP contribution in [0.4, 0.5) is 11.9 Å². The lowest BCUT2D eigenvalue weighted by Crippen LogP contribution is -2.37. The molecule has 0 radical (unpaired) electrons. The number of aliphatic hydroxyl groups excluding tert-OH is 2. The highest BCUT2D eigenvalue weighted by molar-refractivity contribution is 7.52. The fourth-order valence-electron chi connectivity index (χ4n) is 5.44. The van der Waals surface area contributed by atoms with Crippen molar-refractivity contribution >= 4 is 41.8 Å². The van der Waals surface area contributed by atoms with Gasteiger partial charge in [-0.1, -0.05) is 0 Å². The summed E-state index contributed by atoms with van der Waals surface area (Å²) in [5.41, 5.74) is 10.0. The van der Waals surface area contributed by atoms with Gasteiger partial charge in [0.05, 0.1) is 18.8 Å². The van der Waals surface area contributed by atoms with Crippen molar-refractivity contribution in [3.8, 4) is 0 Å². The topological polar surface area (TPSA) is 303 Å². The Hall–Kier alpha value is -3.79. The van der Waals surface area contributed by atoms with E-state index in [4.69, 9.17) is 34.9 Å². The van der Waals surface area contributed by atoms with Crippen molar-refractivity contribution < 1.29 is 43.1 Å². The Morgan fingerprint density at radius 2 is 1.44 bits per heavy atom. The van der Waals surface area contributed by atoms with Crippen LogP contribution in [-0.2, 0) is 28.0 Å². The van der Waals surface area contributed by atoms with Gasteiger partial charge >= 0.3 is 7.60 Å². The zero-order valence-corrected chi connectivity index (χ0v) is 22.7. The molecular weight excluding hydrogens is 599 g/mol. The molecule has 7 heterocycles. The lowest BCUT2D eigenvalue weighted by Gasteiger charge is -2.23. The average Bonchev–Trinajstić information content (AvgIpc) is 3.68. The van der Waals surface area contributed by atoms with Gasteiger partial charge in [-0.25, -0.2) is 9.97 Å². The first-order valence-electron chi connectivity index (χ1n) is 12.9. The SMILES string of the molecule is Nc1nc2c(ncn2C2OC3CCOC4C(OCP(=O)(O)OC3C2O)OC(n2cnc3c(=O)[nH]c(N)nc32)C4O)c(=O)[nH]1. The third-order valence-electron chi connectivity index (χ3n) is 7.33. The second kappa shape index (κ2) is 10.1. The van der Waals surface area contributed by atoms with Crippen LogP contribution in [0.3, 0.4) is 0 Å². The first-order chi connectivity index (χ1) is 20.5. The molecule has 230 valence electrons. The fraction of sp³-hybridized carbons (Fsp3) is 0.524. The van der Waals surface area contributed by atoms with Crippen LogP contribution < -0.4 is 22.6 Å². The predicted molar refractivity (Wildman–Crippen MR) is 140 cm³/mol. The fourth-order valence-corrected chi connectivity index (χ4v) is 6.48. The van der Waals surface area contributed by atoms with Gasteiger partial charge < -0.3 is 45.5 Å². The third kappa shape index (κ3) is 4.70. The zero-order valence-electron chi connectivity index (χ0n) is 21.8. The number of nitrogens with one attached hydrogen (secondary N) is 2. The van der Waals surface area contributed by atoms with Gasteiger partial charge in [-0.15, -0.1) is 0 Å². The van der Waals surface area contributed by atoms with Gasteiger partial charge in [-0.3, -0.25) is 37.8 Å². The number of rotatable bonds is 2. The summed E-state index contributed by atoms with van der Waals surface area (Å²) in [7, 11) is -4.59. The van der Waals surface area contributed by atoms with Crippen LogP contribution in [0.25, 0.3) is 22.3 Å². The minimum atomic E-state index is -4.59. The maximum Gasteiger partial charge on any atom is 0.354 e. The molecule has 0 aromatic carbocycles. The summed E-state index contributed by atoms with van der Waals surface area (Å²) in [6.45, 7) is -0.109. The molecule has 4 aromatic heterocycles. The highest BCUT2D eigenvalue weighted by atomic mass is 31.2. The number of nitrogens with two attached hydrogens (primary N) is 2. The molecule has 0 bridgehead atoms. The van der Waals surface area contributed by atoms with Crippen LogP contribution in [0, 0.1) is 0 Å². The van der Waals surface area contributed by atoms with E-state index < -0.39 is 74.3 Å². The molecule has 0 aliphatic carbocycles. The zero-order chi connectivity index (χ0) is 30.2. The Morgan fingerprint density at radius 3 is 2.05 bits per heavy atom. The molecule has 7 rings (SSSR count). The highest BCUT2D eigenvalue weighted by Crippen LogP contribution is 2.49. The van der Waals surface area contributed by atoms with Crippen LogP contribution in [0.1, 0.15) is 18.9 Å². The highest BCUT2D eigenvalue weighted by Gasteiger charge is 2.52. The average molecular weight is 624 g/mol. The lowest BCUT2D eigenvalue weighted by molar-refractivity contribution is -0.178. The number of aromatic nitrogens is 8. The van der Waals surface area contributed by atoms with E-state index in [0.717, 1.165) is 0 Å². The summed E-state index contributed by atoms with van der Waals surface area (Å²) in [6, 6.07) is 0. The Labute approximate surface area is 237 Å². The second-order valence-electron chi connectivity index (χ2n) is 10.1. The van der Waals surface area contributed by atoms with Crippen LogP contribution in [0.5, 0.6) is 0 Å². The van der Waals surface area contributed by atoms with Crippen molar-refractivity contribution in [1.82, 2.24) is 39.0 Å². The van der Waals surface area contributed by atoms with Crippen molar-refractivity contribution in [2.75, 3.05) is 24.4 Å². The number of imidazole rings is 2. The Morgan fingerprint density at radius 1 is 0.884 bits per heavy atom. The Balaban J connectivity index is 1.15. The molecular formula is C21H25N10O11P. The molecule has 3 aliphatic rings. The molecule has 22 heteroatoms. The van der Waals surface area contributed by atoms with Crippen LogP contribution in [0.2, 0.25) is 0 Å². The summed E-state index contributed by atoms with van der Waals surface area (Å²) >= 11 is 0. The largest absolute Gasteiger partial charge is 0.386 e. The number of aromatic amines is 2. The maximum absolute atomic E-state index is 13.1. The van der Waals surface area contributed by atoms with Crippen LogP contribution in [-0.4, -0.2) is 104 Å². The smallest absolute Gasteiger partial charge is 0.354 e. The van der Waals surface area contributed by atoms with Crippen molar-refractivity contribution in [3.05, 3.63) is 33.4 Å². The van der Waals surface area contributed by atoms with Crippen molar-refractivity contribution in [2.24, 2.45) is 0 Å². The van der Waals surface area contributed by atoms with E-state index in [-0.39, 0.29) is 47.3 Å². The number of nitrogen functional groups attached to an aromatic ring is 2. The van der Waals surface area contributed by atoms with Gasteiger partial charge in [0.25, 0.3) is 11.1 Å². The standard InChI is InChI=1S/C21H25N10O11P/c22-20-26-13-7(15(34)28-20)24-3-30(13)17-9(32)11-6(40-17)1-2-38-12-10(33)18(41-19(12)39-5-43(36,37)42-11)31-4-25-8-14(31)27-21(23)29-16(8)35/h3-4,6,9-12,17-19,32-33H,1-2,5H2,(H,36,37)(H3,22,26,28,34)(H3,23,27,29,35). The van der Waals surface area contributed by atoms with E-state index in [1.165, 1.54) is 21.8 Å². The van der Waals surface area contributed by atoms with Gasteiger partial charge in [0.2, 0.25) is 11.9 Å². The van der Waals surface area contributed by atoms with Crippen LogP contribution >= 0.6 is 7.60 Å². The monoisotopic (exact) mass is 624 g/mol. The quantitative estimate of drug-likeness (QED) is 0.111. The minimum absolute atomic E-state index is 0.0166. The minimum Gasteiger partial charge on any atom is -0.386 e. The molecule has 3 aliphatic heterocycles. The molecule has 0 amide bonds. The summed E-state index contributed by atoms with van der Waals surface area (Å²) in [4.78, 5) is 55.9. The van der Waals surface area contributed by atoms with Gasteiger partial charge in [-0.05, 0) is 6.42 Å². The molecule has 9 atom stereocenters. The van der Waals surface area contributed by atoms with Crippen molar-refractivity contribution in [2.45, 2.75) is 55.7 Å². The molecule has 21 nitrogen and oxygen atoms in total. The summed E-state index contributed by atoms with van der Waals surface area (Å²) in [5, 5.41) is 22.3. The number of H-pyrrole nitrogens is 2. The van der Waals surface area contributed by atoms with E-state index in [1.807, 2.05) is 0 Å². The number of nitrogens with zero attached hydrogens (tertiary/aromatic N) is 6. The van der Waals surface area contributed by atoms with Crippen molar-refractivity contribution in [1.29, 1.82) is 0 Å². The lowest BCUT2D eigenvalue weighted by atomic mass is 10.1. The summed E-state index contributed by atoms with van der Waals surface area (Å²) in [5.74, 6) is -0.377. The number of fused-ring (bicyclic) bond motifs is 4. The first kappa shape index (κ1) is 28.0. The first-order valence-corrected chi connectivity index (χ1v) is 14.6. The van der Waals surface area contributed by atoms with Crippen molar-refractivity contribution in [3.63, 3.8) is 0 Å². The number of aliphatic hydroxyl groups is 2. The van der Waals surface area contributed by atoms with E-state index in [1.54, 1.807) is 0 Å². The van der Waals surface area contributed by atoms with Crippen LogP contribution in [0.15, 0.2) is 22.2 Å². The maximum atomic E-state index is 13.1. The summed E-state index contributed by atoms with van der Waals surface area (Å²) < 4.78 is 44.4. The van der Waals surface area contributed by atoms with Gasteiger partial charge in [-0.2, -0.15) is 9.97 Å². The van der Waals surface area contributed by atoms with E-state index >= 15 is 0 Å². The van der Waals surface area contributed by atoms with Gasteiger partial charge in [0, 0.05) is 6.61 Å². The summed E-state index contributed by atoms with van der Waals surface area (Å²) in [6.07, 6.45) is -8.73. The molecule has 9 unspecified atom stereocenters. The number of anilines is 2. The molecule has 43 heavy (non-hydrogen) atoms. The molecule has 3 saturated heterocycles. The predicted octanol–water partition coefficient (Wildman–Crippen LogP) is -2.78. The van der Waals surface area contributed by atoms with Gasteiger partial charge in [0.15, 0.2) is 47.4 Å². The van der Waals surface area contributed by atoms with E-state index in [9.17, 15) is 29.3 Å². The Kier molecular flexibility index (Phi) is 6.61. The molecule has 4 aromatic rings. The number of ether oxygens (including phenoxy) is 4. The molecule has 0 spiro atoms. The third-order valence-corrected chi connectivity index (χ3v) is 8.38. The number of hydrogen-bond acceptors (Lipinski definition) is 16. The number of hydrogen-bond donors (Lipinski definition) is 7. The second-order valence-corrected chi connectivity index (χ2v) is 11.9. The Bertz CT molecular complexity index is 1870. The normalized spacial score (nSPS) is 35.1.